The zero-order valence-electron chi connectivity index (χ0n) is 5.09. The molecule has 1 unspecified atom stereocenters. The lowest BCUT2D eigenvalue weighted by atomic mass is 10.4. The minimum absolute atomic E-state index is 0.625. The summed E-state index contributed by atoms with van der Waals surface area (Å²) in [6.45, 7) is 3.63. The Morgan fingerprint density at radius 2 is 2.38 bits per heavy atom. The van der Waals surface area contributed by atoms with Crippen LogP contribution >= 0.6 is 8.03 Å². The van der Waals surface area contributed by atoms with Gasteiger partial charge in [0.2, 0.25) is 0 Å². The molecule has 0 amide bonds. The van der Waals surface area contributed by atoms with Gasteiger partial charge in [0.15, 0.2) is 5.31 Å². The van der Waals surface area contributed by atoms with Crippen LogP contribution in [0, 0.1) is 0 Å². The van der Waals surface area contributed by atoms with E-state index in [2.05, 4.69) is 0 Å². The van der Waals surface area contributed by atoms with Crippen molar-refractivity contribution in [3.63, 3.8) is 0 Å². The van der Waals surface area contributed by atoms with Gasteiger partial charge in [-0.05, 0) is 17.6 Å². The summed E-state index contributed by atoms with van der Waals surface area (Å²) in [5.41, 5.74) is 0. The van der Waals surface area contributed by atoms with Gasteiger partial charge in [0.05, 0.1) is 0 Å². The highest BCUT2D eigenvalue weighted by Crippen LogP contribution is 2.28. The standard InChI is InChI=1S/C5H9O2P/c1-3-5(4-2)8(6)7/h3H,4H2,1-2H3/p+1. The molecule has 0 aliphatic rings. The second kappa shape index (κ2) is 3.76. The van der Waals surface area contributed by atoms with Crippen molar-refractivity contribution in [3.8, 4) is 0 Å². The molecule has 0 aliphatic heterocycles. The van der Waals surface area contributed by atoms with Crippen LogP contribution in [0.4, 0.5) is 0 Å². The molecule has 0 bridgehead atoms. The molecule has 0 saturated carbocycles. The molecule has 0 rings (SSSR count). The molecule has 0 aromatic heterocycles. The second-order valence-electron chi connectivity index (χ2n) is 1.41. The molecule has 3 heteroatoms. The van der Waals surface area contributed by atoms with E-state index in [1.807, 2.05) is 6.92 Å². The van der Waals surface area contributed by atoms with Gasteiger partial charge in [-0.1, -0.05) is 6.92 Å². The molecular formula is C5H10O2P+. The average Bonchev–Trinajstić information content (AvgIpc) is 1.69. The first-order valence-corrected chi connectivity index (χ1v) is 3.75. The summed E-state index contributed by atoms with van der Waals surface area (Å²) < 4.78 is 10.2. The normalized spacial score (nSPS) is 13.9. The first kappa shape index (κ1) is 7.80. The molecule has 1 N–H and O–H groups in total. The fraction of sp³-hybridized carbons (Fsp3) is 0.600. The van der Waals surface area contributed by atoms with Gasteiger partial charge in [0, 0.05) is 6.42 Å². The van der Waals surface area contributed by atoms with Crippen LogP contribution in [-0.2, 0) is 4.57 Å². The zero-order valence-corrected chi connectivity index (χ0v) is 5.98. The number of hydrogen-bond donors (Lipinski definition) is 1. The minimum Gasteiger partial charge on any atom is -0.156 e. The highest BCUT2D eigenvalue weighted by Gasteiger charge is 2.15. The molecule has 0 radical (unpaired) electrons. The van der Waals surface area contributed by atoms with E-state index in [1.54, 1.807) is 13.0 Å². The molecule has 0 aromatic rings. The maximum atomic E-state index is 10.2. The van der Waals surface area contributed by atoms with Crippen LogP contribution in [0.15, 0.2) is 11.4 Å². The van der Waals surface area contributed by atoms with Gasteiger partial charge in [-0.2, -0.15) is 4.89 Å². The van der Waals surface area contributed by atoms with E-state index >= 15 is 0 Å². The van der Waals surface area contributed by atoms with Gasteiger partial charge in [-0.25, -0.2) is 0 Å². The Balaban J connectivity index is 3.92. The summed E-state index contributed by atoms with van der Waals surface area (Å²) in [5, 5.41) is 0.625. The van der Waals surface area contributed by atoms with Crippen LogP contribution in [-0.4, -0.2) is 4.89 Å². The average molecular weight is 133 g/mol. The van der Waals surface area contributed by atoms with Crippen molar-refractivity contribution in [1.29, 1.82) is 0 Å². The predicted octanol–water partition coefficient (Wildman–Crippen LogP) is 2.03. The summed E-state index contributed by atoms with van der Waals surface area (Å²) >= 11 is 0. The quantitative estimate of drug-likeness (QED) is 0.585. The molecule has 0 aromatic carbocycles. The lowest BCUT2D eigenvalue weighted by Crippen LogP contribution is -1.68. The van der Waals surface area contributed by atoms with Gasteiger partial charge >= 0.3 is 8.03 Å². The van der Waals surface area contributed by atoms with Gasteiger partial charge in [0.1, 0.15) is 0 Å². The summed E-state index contributed by atoms with van der Waals surface area (Å²) in [6, 6.07) is 0. The van der Waals surface area contributed by atoms with Crippen molar-refractivity contribution in [1.82, 2.24) is 0 Å². The van der Waals surface area contributed by atoms with Crippen LogP contribution in [0.25, 0.3) is 0 Å². The van der Waals surface area contributed by atoms with E-state index in [0.717, 1.165) is 0 Å². The Labute approximate surface area is 50.1 Å². The van der Waals surface area contributed by atoms with E-state index in [0.29, 0.717) is 11.7 Å². The Bertz CT molecular complexity index is 118. The SMILES string of the molecule is CC=C(CC)[P+](=O)O. The zero-order chi connectivity index (χ0) is 6.57. The molecule has 1 atom stereocenters. The summed E-state index contributed by atoms with van der Waals surface area (Å²) in [4.78, 5) is 8.45. The van der Waals surface area contributed by atoms with E-state index < -0.39 is 8.03 Å². The van der Waals surface area contributed by atoms with Gasteiger partial charge in [0.25, 0.3) is 0 Å². The third-order valence-electron chi connectivity index (χ3n) is 0.941. The van der Waals surface area contributed by atoms with E-state index in [-0.39, 0.29) is 0 Å². The Hall–Kier alpha value is -0.200. The van der Waals surface area contributed by atoms with Crippen LogP contribution in [0.5, 0.6) is 0 Å². The van der Waals surface area contributed by atoms with Crippen molar-refractivity contribution in [2.24, 2.45) is 0 Å². The lowest BCUT2D eigenvalue weighted by Gasteiger charge is -1.77. The smallest absolute Gasteiger partial charge is 0.156 e. The Morgan fingerprint density at radius 1 is 1.88 bits per heavy atom. The molecule has 2 nitrogen and oxygen atoms in total. The number of allylic oxidation sites excluding steroid dienone is 2. The highest BCUT2D eigenvalue weighted by atomic mass is 31.1. The third kappa shape index (κ3) is 2.20. The monoisotopic (exact) mass is 133 g/mol. The van der Waals surface area contributed by atoms with Crippen molar-refractivity contribution in [3.05, 3.63) is 11.4 Å². The first-order valence-electron chi connectivity index (χ1n) is 2.53. The van der Waals surface area contributed by atoms with Crippen LogP contribution in [0.1, 0.15) is 20.3 Å². The Morgan fingerprint density at radius 3 is 2.38 bits per heavy atom. The minimum atomic E-state index is -2.05. The van der Waals surface area contributed by atoms with Crippen molar-refractivity contribution < 1.29 is 9.46 Å². The van der Waals surface area contributed by atoms with Crippen LogP contribution < -0.4 is 0 Å². The van der Waals surface area contributed by atoms with Gasteiger partial charge in [-0.3, -0.25) is 0 Å². The number of hydrogen-bond acceptors (Lipinski definition) is 1. The molecule has 0 fully saturated rings. The molecule has 0 saturated heterocycles. The molecule has 46 valence electrons. The van der Waals surface area contributed by atoms with Crippen molar-refractivity contribution in [2.75, 3.05) is 0 Å². The van der Waals surface area contributed by atoms with Crippen molar-refractivity contribution in [2.45, 2.75) is 20.3 Å². The largest absolute Gasteiger partial charge is 0.541 e. The highest BCUT2D eigenvalue weighted by molar-refractivity contribution is 7.43. The van der Waals surface area contributed by atoms with Gasteiger partial charge in [-0.15, -0.1) is 0 Å². The maximum absolute atomic E-state index is 10.2. The van der Waals surface area contributed by atoms with Crippen molar-refractivity contribution >= 4 is 8.03 Å². The fourth-order valence-electron chi connectivity index (χ4n) is 0.450. The fourth-order valence-corrected chi connectivity index (χ4v) is 0.941. The summed E-state index contributed by atoms with van der Waals surface area (Å²) in [6.07, 6.45) is 2.35. The third-order valence-corrected chi connectivity index (χ3v) is 2.01. The molecule has 0 aliphatic carbocycles. The second-order valence-corrected chi connectivity index (χ2v) is 2.53. The van der Waals surface area contributed by atoms with E-state index in [4.69, 9.17) is 4.89 Å². The molecule has 0 spiro atoms. The van der Waals surface area contributed by atoms with Crippen LogP contribution in [0.2, 0.25) is 0 Å². The Kier molecular flexibility index (Phi) is 3.67. The van der Waals surface area contributed by atoms with Gasteiger partial charge < -0.3 is 0 Å². The predicted molar refractivity (Wildman–Crippen MR) is 33.9 cm³/mol. The molecular weight excluding hydrogens is 123 g/mol. The molecule has 0 heterocycles. The lowest BCUT2D eigenvalue weighted by molar-refractivity contribution is 0.508. The van der Waals surface area contributed by atoms with E-state index in [9.17, 15) is 4.57 Å². The molecule has 8 heavy (non-hydrogen) atoms. The summed E-state index contributed by atoms with van der Waals surface area (Å²) in [5.74, 6) is 0. The van der Waals surface area contributed by atoms with E-state index in [1.165, 1.54) is 0 Å². The first-order chi connectivity index (χ1) is 3.72. The van der Waals surface area contributed by atoms with Crippen LogP contribution in [0.3, 0.4) is 0 Å². The topological polar surface area (TPSA) is 37.3 Å². The maximum Gasteiger partial charge on any atom is 0.541 e. The number of rotatable bonds is 2. The summed E-state index contributed by atoms with van der Waals surface area (Å²) in [7, 11) is -2.05.